The van der Waals surface area contributed by atoms with Crippen molar-refractivity contribution in [3.63, 3.8) is 0 Å². The van der Waals surface area contributed by atoms with Crippen LogP contribution in [0.4, 0.5) is 5.00 Å². The molecular weight excluding hydrogens is 258 g/mol. The van der Waals surface area contributed by atoms with E-state index in [0.29, 0.717) is 11.7 Å². The summed E-state index contributed by atoms with van der Waals surface area (Å²) in [6.45, 7) is 4.01. The van der Waals surface area contributed by atoms with E-state index in [-0.39, 0.29) is 0 Å². The molecule has 5 heteroatoms. The van der Waals surface area contributed by atoms with Gasteiger partial charge in [0.1, 0.15) is 0 Å². The Balaban J connectivity index is 2.05. The van der Waals surface area contributed by atoms with Crippen molar-refractivity contribution in [1.29, 1.82) is 0 Å². The Kier molecular flexibility index (Phi) is 2.83. The van der Waals surface area contributed by atoms with Gasteiger partial charge in [-0.15, -0.1) is 11.3 Å². The molecule has 3 aromatic rings. The molecule has 0 spiro atoms. The van der Waals surface area contributed by atoms with Gasteiger partial charge in [0.15, 0.2) is 0 Å². The minimum atomic E-state index is 0.525. The van der Waals surface area contributed by atoms with Gasteiger partial charge in [0, 0.05) is 5.56 Å². The van der Waals surface area contributed by atoms with E-state index in [2.05, 4.69) is 10.1 Å². The lowest BCUT2D eigenvalue weighted by atomic mass is 10.1. The van der Waals surface area contributed by atoms with E-state index in [1.54, 1.807) is 0 Å². The highest BCUT2D eigenvalue weighted by molar-refractivity contribution is 7.19. The quantitative estimate of drug-likeness (QED) is 0.772. The number of aryl methyl sites for hydroxylation is 2. The van der Waals surface area contributed by atoms with Gasteiger partial charge in [-0.1, -0.05) is 29.4 Å². The Morgan fingerprint density at radius 1 is 1.16 bits per heavy atom. The average molecular weight is 271 g/mol. The first kappa shape index (κ1) is 11.9. The number of benzene rings is 1. The van der Waals surface area contributed by atoms with Crippen LogP contribution in [0.5, 0.6) is 0 Å². The third-order valence-electron chi connectivity index (χ3n) is 2.94. The molecule has 2 N–H and O–H groups in total. The molecule has 2 aromatic heterocycles. The molecular formula is C14H13N3OS. The number of thiophene rings is 1. The maximum atomic E-state index is 5.79. The standard InChI is InChI=1S/C14H13N3OS/c1-8-5-3-4-6-10(8)13-16-14(18-17-13)12-9(2)7-11(15)19-12/h3-7H,15H2,1-2H3. The molecule has 0 bridgehead atoms. The fourth-order valence-electron chi connectivity index (χ4n) is 1.97. The summed E-state index contributed by atoms with van der Waals surface area (Å²) >= 11 is 1.46. The van der Waals surface area contributed by atoms with E-state index < -0.39 is 0 Å². The van der Waals surface area contributed by atoms with Crippen LogP contribution in [0.25, 0.3) is 22.2 Å². The molecule has 0 atom stereocenters. The van der Waals surface area contributed by atoms with Gasteiger partial charge in [0.25, 0.3) is 5.89 Å². The molecule has 0 saturated carbocycles. The van der Waals surface area contributed by atoms with Gasteiger partial charge in [0.05, 0.1) is 9.88 Å². The van der Waals surface area contributed by atoms with Crippen molar-refractivity contribution < 1.29 is 4.52 Å². The zero-order valence-corrected chi connectivity index (χ0v) is 11.5. The second-order valence-corrected chi connectivity index (χ2v) is 5.48. The van der Waals surface area contributed by atoms with Crippen molar-refractivity contribution in [1.82, 2.24) is 10.1 Å². The molecule has 0 fully saturated rings. The molecule has 2 heterocycles. The lowest BCUT2D eigenvalue weighted by molar-refractivity contribution is 0.433. The highest BCUT2D eigenvalue weighted by Gasteiger charge is 2.15. The van der Waals surface area contributed by atoms with Crippen molar-refractivity contribution in [2.75, 3.05) is 5.73 Å². The van der Waals surface area contributed by atoms with Crippen LogP contribution in [0.3, 0.4) is 0 Å². The van der Waals surface area contributed by atoms with Gasteiger partial charge in [-0.3, -0.25) is 0 Å². The first-order valence-electron chi connectivity index (χ1n) is 5.91. The fourth-order valence-corrected chi connectivity index (χ4v) is 2.83. The minimum absolute atomic E-state index is 0.525. The first-order chi connectivity index (χ1) is 9.15. The summed E-state index contributed by atoms with van der Waals surface area (Å²) in [5, 5.41) is 4.81. The predicted molar refractivity (Wildman–Crippen MR) is 76.9 cm³/mol. The van der Waals surface area contributed by atoms with Crippen LogP contribution in [0.1, 0.15) is 11.1 Å². The zero-order valence-electron chi connectivity index (χ0n) is 10.7. The van der Waals surface area contributed by atoms with Gasteiger partial charge in [-0.2, -0.15) is 4.98 Å². The highest BCUT2D eigenvalue weighted by atomic mass is 32.1. The number of aromatic nitrogens is 2. The summed E-state index contributed by atoms with van der Waals surface area (Å²) in [6.07, 6.45) is 0. The second-order valence-electron chi connectivity index (χ2n) is 4.40. The lowest BCUT2D eigenvalue weighted by Crippen LogP contribution is -1.84. The van der Waals surface area contributed by atoms with E-state index in [1.165, 1.54) is 11.3 Å². The topological polar surface area (TPSA) is 64.9 Å². The van der Waals surface area contributed by atoms with Gasteiger partial charge >= 0.3 is 0 Å². The molecule has 0 aliphatic carbocycles. The first-order valence-corrected chi connectivity index (χ1v) is 6.73. The second kappa shape index (κ2) is 4.51. The van der Waals surface area contributed by atoms with Crippen LogP contribution < -0.4 is 5.73 Å². The molecule has 0 unspecified atom stereocenters. The van der Waals surface area contributed by atoms with E-state index in [0.717, 1.165) is 26.6 Å². The summed E-state index contributed by atoms with van der Waals surface area (Å²) < 4.78 is 5.35. The number of nitrogens with zero attached hydrogens (tertiary/aromatic N) is 2. The highest BCUT2D eigenvalue weighted by Crippen LogP contribution is 2.33. The van der Waals surface area contributed by atoms with Gasteiger partial charge in [-0.05, 0) is 31.0 Å². The lowest BCUT2D eigenvalue weighted by Gasteiger charge is -1.97. The summed E-state index contributed by atoms with van der Waals surface area (Å²) in [5.74, 6) is 1.14. The van der Waals surface area contributed by atoms with Crippen molar-refractivity contribution in [2.45, 2.75) is 13.8 Å². The van der Waals surface area contributed by atoms with Gasteiger partial charge < -0.3 is 10.3 Å². The number of nitrogen functional groups attached to an aromatic ring is 1. The van der Waals surface area contributed by atoms with E-state index in [1.807, 2.05) is 44.2 Å². The number of nitrogens with two attached hydrogens (primary N) is 1. The van der Waals surface area contributed by atoms with Crippen LogP contribution in [0.2, 0.25) is 0 Å². The van der Waals surface area contributed by atoms with Gasteiger partial charge in [-0.25, -0.2) is 0 Å². The monoisotopic (exact) mass is 271 g/mol. The number of hydrogen-bond donors (Lipinski definition) is 1. The Hall–Kier alpha value is -2.14. The summed E-state index contributed by atoms with van der Waals surface area (Å²) in [7, 11) is 0. The Morgan fingerprint density at radius 3 is 2.63 bits per heavy atom. The van der Waals surface area contributed by atoms with Crippen LogP contribution in [-0.2, 0) is 0 Å². The van der Waals surface area contributed by atoms with Crippen LogP contribution >= 0.6 is 11.3 Å². The molecule has 96 valence electrons. The van der Waals surface area contributed by atoms with Crippen molar-refractivity contribution in [3.05, 3.63) is 41.5 Å². The summed E-state index contributed by atoms with van der Waals surface area (Å²) in [6, 6.07) is 9.88. The van der Waals surface area contributed by atoms with Crippen LogP contribution in [-0.4, -0.2) is 10.1 Å². The fraction of sp³-hybridized carbons (Fsp3) is 0.143. The van der Waals surface area contributed by atoms with Crippen LogP contribution in [0.15, 0.2) is 34.9 Å². The van der Waals surface area contributed by atoms with Crippen molar-refractivity contribution >= 4 is 16.3 Å². The largest absolute Gasteiger partial charge is 0.391 e. The minimum Gasteiger partial charge on any atom is -0.391 e. The third-order valence-corrected chi connectivity index (χ3v) is 4.00. The third kappa shape index (κ3) is 2.13. The zero-order chi connectivity index (χ0) is 13.4. The van der Waals surface area contributed by atoms with E-state index in [4.69, 9.17) is 10.3 Å². The molecule has 0 amide bonds. The maximum Gasteiger partial charge on any atom is 0.268 e. The molecule has 0 aliphatic rings. The molecule has 4 nitrogen and oxygen atoms in total. The number of anilines is 1. The van der Waals surface area contributed by atoms with Crippen molar-refractivity contribution in [3.8, 4) is 22.2 Å². The molecule has 3 rings (SSSR count). The smallest absolute Gasteiger partial charge is 0.268 e. The van der Waals surface area contributed by atoms with E-state index in [9.17, 15) is 0 Å². The molecule has 1 aromatic carbocycles. The predicted octanol–water partition coefficient (Wildman–Crippen LogP) is 3.66. The normalized spacial score (nSPS) is 10.8. The van der Waals surface area contributed by atoms with E-state index >= 15 is 0 Å². The molecule has 19 heavy (non-hydrogen) atoms. The number of rotatable bonds is 2. The van der Waals surface area contributed by atoms with Crippen LogP contribution in [0, 0.1) is 13.8 Å². The van der Waals surface area contributed by atoms with Crippen molar-refractivity contribution in [2.24, 2.45) is 0 Å². The Morgan fingerprint density at radius 2 is 1.95 bits per heavy atom. The van der Waals surface area contributed by atoms with Gasteiger partial charge in [0.2, 0.25) is 5.82 Å². The maximum absolute atomic E-state index is 5.79. The average Bonchev–Trinajstić information content (AvgIpc) is 2.96. The summed E-state index contributed by atoms with van der Waals surface area (Å²) in [5.41, 5.74) is 8.95. The Bertz CT molecular complexity index is 730. The number of hydrogen-bond acceptors (Lipinski definition) is 5. The molecule has 0 radical (unpaired) electrons. The summed E-state index contributed by atoms with van der Waals surface area (Å²) in [4.78, 5) is 5.40. The molecule has 0 saturated heterocycles. The SMILES string of the molecule is Cc1ccccc1-c1noc(-c2sc(N)cc2C)n1. The Labute approximate surface area is 114 Å². The molecule has 0 aliphatic heterocycles.